The minimum absolute atomic E-state index is 0.0799. The van der Waals surface area contributed by atoms with Crippen LogP contribution in [0.3, 0.4) is 0 Å². The van der Waals surface area contributed by atoms with Gasteiger partial charge in [0.05, 0.1) is 32.1 Å². The molecule has 5 nitrogen and oxygen atoms in total. The first-order valence-corrected chi connectivity index (χ1v) is 8.22. The number of rotatable bonds is 5. The molecule has 0 N–H and O–H groups in total. The number of morpholine rings is 1. The number of nitrogens with zero attached hydrogens (tertiary/aromatic N) is 3. The van der Waals surface area contributed by atoms with Gasteiger partial charge in [0.1, 0.15) is 11.6 Å². The first kappa shape index (κ1) is 16.9. The SMILES string of the molecule is COc1ccc(F)cc1CN1CCOC(Cn2nc(C)cc2C)C1. The number of aryl methyl sites for hydroxylation is 2. The van der Waals surface area contributed by atoms with Gasteiger partial charge in [-0.3, -0.25) is 9.58 Å². The molecule has 0 spiro atoms. The van der Waals surface area contributed by atoms with E-state index < -0.39 is 0 Å². The number of hydrogen-bond donors (Lipinski definition) is 0. The van der Waals surface area contributed by atoms with E-state index in [4.69, 9.17) is 9.47 Å². The number of ether oxygens (including phenoxy) is 2. The van der Waals surface area contributed by atoms with Crippen molar-refractivity contribution in [1.29, 1.82) is 0 Å². The zero-order chi connectivity index (χ0) is 17.1. The largest absolute Gasteiger partial charge is 0.496 e. The van der Waals surface area contributed by atoms with Gasteiger partial charge in [0, 0.05) is 30.9 Å². The molecule has 1 saturated heterocycles. The summed E-state index contributed by atoms with van der Waals surface area (Å²) in [5, 5.41) is 4.50. The smallest absolute Gasteiger partial charge is 0.123 e. The molecule has 6 heteroatoms. The van der Waals surface area contributed by atoms with Crippen LogP contribution in [0.15, 0.2) is 24.3 Å². The first-order valence-electron chi connectivity index (χ1n) is 8.22. The van der Waals surface area contributed by atoms with Crippen molar-refractivity contribution in [2.75, 3.05) is 26.8 Å². The lowest BCUT2D eigenvalue weighted by Gasteiger charge is -2.33. The molecule has 1 aromatic carbocycles. The van der Waals surface area contributed by atoms with E-state index in [2.05, 4.69) is 23.0 Å². The average Bonchev–Trinajstić information content (AvgIpc) is 2.85. The zero-order valence-corrected chi connectivity index (χ0v) is 14.5. The number of halogens is 1. The maximum absolute atomic E-state index is 13.5. The van der Waals surface area contributed by atoms with Crippen molar-refractivity contribution in [3.05, 3.63) is 47.0 Å². The topological polar surface area (TPSA) is 39.5 Å². The summed E-state index contributed by atoms with van der Waals surface area (Å²) >= 11 is 0. The molecule has 1 fully saturated rings. The highest BCUT2D eigenvalue weighted by Gasteiger charge is 2.22. The molecule has 2 heterocycles. The molecule has 1 aromatic heterocycles. The number of methoxy groups -OCH3 is 1. The average molecular weight is 333 g/mol. The normalized spacial score (nSPS) is 18.8. The van der Waals surface area contributed by atoms with Crippen LogP contribution >= 0.6 is 0 Å². The Morgan fingerprint density at radius 2 is 2.17 bits per heavy atom. The third-order valence-electron chi connectivity index (χ3n) is 4.34. The molecule has 0 bridgehead atoms. The summed E-state index contributed by atoms with van der Waals surface area (Å²) in [4.78, 5) is 2.27. The Hall–Kier alpha value is -1.92. The number of hydrogen-bond acceptors (Lipinski definition) is 4. The van der Waals surface area contributed by atoms with E-state index in [0.717, 1.165) is 42.3 Å². The highest BCUT2D eigenvalue weighted by atomic mass is 19.1. The minimum atomic E-state index is -0.238. The van der Waals surface area contributed by atoms with E-state index in [-0.39, 0.29) is 11.9 Å². The van der Waals surface area contributed by atoms with Crippen molar-refractivity contribution < 1.29 is 13.9 Å². The fraction of sp³-hybridized carbons (Fsp3) is 0.500. The quantitative estimate of drug-likeness (QED) is 0.843. The van der Waals surface area contributed by atoms with Crippen LogP contribution in [0.4, 0.5) is 4.39 Å². The van der Waals surface area contributed by atoms with Gasteiger partial charge < -0.3 is 9.47 Å². The maximum Gasteiger partial charge on any atom is 0.123 e. The summed E-state index contributed by atoms with van der Waals surface area (Å²) in [6.07, 6.45) is 0.0799. The third-order valence-corrected chi connectivity index (χ3v) is 4.34. The van der Waals surface area contributed by atoms with E-state index in [9.17, 15) is 4.39 Å². The van der Waals surface area contributed by atoms with Crippen LogP contribution in [0.2, 0.25) is 0 Å². The summed E-state index contributed by atoms with van der Waals surface area (Å²) in [5.74, 6) is 0.483. The van der Waals surface area contributed by atoms with Crippen molar-refractivity contribution in [1.82, 2.24) is 14.7 Å². The van der Waals surface area contributed by atoms with Crippen molar-refractivity contribution >= 4 is 0 Å². The summed E-state index contributed by atoms with van der Waals surface area (Å²) in [5.41, 5.74) is 3.02. The van der Waals surface area contributed by atoms with Crippen LogP contribution in [-0.2, 0) is 17.8 Å². The predicted octanol–water partition coefficient (Wildman–Crippen LogP) is 2.55. The van der Waals surface area contributed by atoms with Gasteiger partial charge in [-0.05, 0) is 38.1 Å². The van der Waals surface area contributed by atoms with E-state index in [1.807, 2.05) is 11.6 Å². The van der Waals surface area contributed by atoms with Gasteiger partial charge in [-0.2, -0.15) is 5.10 Å². The second-order valence-corrected chi connectivity index (χ2v) is 6.29. The van der Waals surface area contributed by atoms with E-state index in [1.54, 1.807) is 19.2 Å². The summed E-state index contributed by atoms with van der Waals surface area (Å²) < 4.78 is 26.8. The van der Waals surface area contributed by atoms with Crippen LogP contribution in [0.5, 0.6) is 5.75 Å². The molecule has 24 heavy (non-hydrogen) atoms. The molecule has 0 saturated carbocycles. The van der Waals surface area contributed by atoms with Crippen molar-refractivity contribution in [2.24, 2.45) is 0 Å². The molecule has 1 unspecified atom stereocenters. The molecule has 0 aliphatic carbocycles. The highest BCUT2D eigenvalue weighted by molar-refractivity contribution is 5.33. The van der Waals surface area contributed by atoms with E-state index in [0.29, 0.717) is 13.2 Å². The van der Waals surface area contributed by atoms with E-state index in [1.165, 1.54) is 6.07 Å². The van der Waals surface area contributed by atoms with Gasteiger partial charge in [0.25, 0.3) is 0 Å². The molecule has 0 amide bonds. The Balaban J connectivity index is 1.65. The number of aromatic nitrogens is 2. The van der Waals surface area contributed by atoms with Crippen molar-refractivity contribution in [2.45, 2.75) is 33.0 Å². The molecule has 3 rings (SSSR count). The molecule has 0 radical (unpaired) electrons. The van der Waals surface area contributed by atoms with Gasteiger partial charge in [-0.25, -0.2) is 4.39 Å². The van der Waals surface area contributed by atoms with E-state index >= 15 is 0 Å². The van der Waals surface area contributed by atoms with Gasteiger partial charge in [0.15, 0.2) is 0 Å². The van der Waals surface area contributed by atoms with Crippen LogP contribution in [-0.4, -0.2) is 47.6 Å². The van der Waals surface area contributed by atoms with Crippen molar-refractivity contribution in [3.8, 4) is 5.75 Å². The summed E-state index contributed by atoms with van der Waals surface area (Å²) in [6, 6.07) is 6.72. The lowest BCUT2D eigenvalue weighted by Crippen LogP contribution is -2.44. The monoisotopic (exact) mass is 333 g/mol. The van der Waals surface area contributed by atoms with Gasteiger partial charge in [0.2, 0.25) is 0 Å². The van der Waals surface area contributed by atoms with Gasteiger partial charge >= 0.3 is 0 Å². The van der Waals surface area contributed by atoms with Crippen LogP contribution < -0.4 is 4.74 Å². The molecule has 1 aliphatic heterocycles. The van der Waals surface area contributed by atoms with Gasteiger partial charge in [-0.1, -0.05) is 0 Å². The molecule has 130 valence electrons. The predicted molar refractivity (Wildman–Crippen MR) is 89.7 cm³/mol. The molecule has 1 atom stereocenters. The minimum Gasteiger partial charge on any atom is -0.496 e. The van der Waals surface area contributed by atoms with Gasteiger partial charge in [-0.15, -0.1) is 0 Å². The fourth-order valence-corrected chi connectivity index (χ4v) is 3.20. The zero-order valence-electron chi connectivity index (χ0n) is 14.5. The summed E-state index contributed by atoms with van der Waals surface area (Å²) in [6.45, 7) is 7.72. The Morgan fingerprint density at radius 3 is 2.88 bits per heavy atom. The first-order chi connectivity index (χ1) is 11.5. The molecular weight excluding hydrogens is 309 g/mol. The molecule has 2 aromatic rings. The molecule has 1 aliphatic rings. The van der Waals surface area contributed by atoms with Crippen LogP contribution in [0.1, 0.15) is 17.0 Å². The van der Waals surface area contributed by atoms with Crippen LogP contribution in [0.25, 0.3) is 0 Å². The Morgan fingerprint density at radius 1 is 1.33 bits per heavy atom. The second-order valence-electron chi connectivity index (χ2n) is 6.29. The summed E-state index contributed by atoms with van der Waals surface area (Å²) in [7, 11) is 1.61. The highest BCUT2D eigenvalue weighted by Crippen LogP contribution is 2.22. The van der Waals surface area contributed by atoms with Crippen LogP contribution in [0, 0.1) is 19.7 Å². The lowest BCUT2D eigenvalue weighted by molar-refractivity contribution is -0.0406. The maximum atomic E-state index is 13.5. The lowest BCUT2D eigenvalue weighted by atomic mass is 10.1. The fourth-order valence-electron chi connectivity index (χ4n) is 3.20. The Bertz CT molecular complexity index is 702. The standard InChI is InChI=1S/C18H24FN3O2/c1-13-8-14(2)22(20-13)12-17-11-21(6-7-24-17)10-15-9-16(19)4-5-18(15)23-3/h4-5,8-9,17H,6-7,10-12H2,1-3H3. The Labute approximate surface area is 142 Å². The molecular formula is C18H24FN3O2. The third kappa shape index (κ3) is 3.94. The second kappa shape index (κ2) is 7.32. The van der Waals surface area contributed by atoms with Crippen molar-refractivity contribution in [3.63, 3.8) is 0 Å². The number of benzene rings is 1. The Kier molecular flexibility index (Phi) is 5.16.